The lowest BCUT2D eigenvalue weighted by molar-refractivity contribution is -0.146. The second-order valence-electron chi connectivity index (χ2n) is 3.78. The summed E-state index contributed by atoms with van der Waals surface area (Å²) in [6, 6.07) is 0.224. The molecule has 0 aromatic rings. The fourth-order valence-corrected chi connectivity index (χ4v) is 2.53. The summed E-state index contributed by atoms with van der Waals surface area (Å²) in [6.07, 6.45) is 2.20. The van der Waals surface area contributed by atoms with E-state index in [1.807, 2.05) is 4.90 Å². The van der Waals surface area contributed by atoms with Gasteiger partial charge in [-0.3, -0.25) is 9.69 Å². The summed E-state index contributed by atoms with van der Waals surface area (Å²) in [4.78, 5) is 13.3. The number of carbonyl (C=O) groups is 1. The second-order valence-corrected chi connectivity index (χ2v) is 3.78. The van der Waals surface area contributed by atoms with Gasteiger partial charge in [-0.05, 0) is 19.3 Å². The van der Waals surface area contributed by atoms with E-state index >= 15 is 0 Å². The molecule has 2 fully saturated rings. The maximum atomic E-state index is 11.3. The standard InChI is InChI=1S/C9H15NO3/c1-13-9(12)6-4-5-10-7(6)2-3-8(10)11/h6-8,11H,2-5H2,1H3/t6-,7-,8?/m0/s1. The Kier molecular flexibility index (Phi) is 2.26. The number of ether oxygens (including phenoxy) is 1. The van der Waals surface area contributed by atoms with E-state index < -0.39 is 0 Å². The van der Waals surface area contributed by atoms with Gasteiger partial charge in [0, 0.05) is 12.6 Å². The van der Waals surface area contributed by atoms with Crippen molar-refractivity contribution in [2.75, 3.05) is 13.7 Å². The van der Waals surface area contributed by atoms with Gasteiger partial charge in [-0.25, -0.2) is 0 Å². The number of rotatable bonds is 1. The van der Waals surface area contributed by atoms with Crippen molar-refractivity contribution in [2.45, 2.75) is 31.5 Å². The first-order chi connectivity index (χ1) is 6.24. The highest BCUT2D eigenvalue weighted by Crippen LogP contribution is 2.35. The lowest BCUT2D eigenvalue weighted by Crippen LogP contribution is -2.34. The molecule has 0 bridgehead atoms. The van der Waals surface area contributed by atoms with Crippen LogP contribution in [0.5, 0.6) is 0 Å². The Morgan fingerprint density at radius 2 is 2.23 bits per heavy atom. The summed E-state index contributed by atoms with van der Waals surface area (Å²) < 4.78 is 4.73. The van der Waals surface area contributed by atoms with Crippen LogP contribution in [0.2, 0.25) is 0 Å². The Bertz CT molecular complexity index is 219. The topological polar surface area (TPSA) is 49.8 Å². The van der Waals surface area contributed by atoms with Crippen LogP contribution in [-0.2, 0) is 9.53 Å². The number of nitrogens with zero attached hydrogens (tertiary/aromatic N) is 1. The fraction of sp³-hybridized carbons (Fsp3) is 0.889. The molecule has 2 rings (SSSR count). The Labute approximate surface area is 77.5 Å². The zero-order chi connectivity index (χ0) is 9.42. The molecule has 0 aromatic carbocycles. The fourth-order valence-electron chi connectivity index (χ4n) is 2.53. The van der Waals surface area contributed by atoms with Gasteiger partial charge in [0.2, 0.25) is 0 Å². The van der Waals surface area contributed by atoms with Crippen molar-refractivity contribution >= 4 is 5.97 Å². The molecule has 2 aliphatic heterocycles. The number of fused-ring (bicyclic) bond motifs is 1. The summed E-state index contributed by atoms with van der Waals surface area (Å²) in [5.41, 5.74) is 0. The van der Waals surface area contributed by atoms with Gasteiger partial charge >= 0.3 is 5.97 Å². The molecule has 1 N–H and O–H groups in total. The third-order valence-electron chi connectivity index (χ3n) is 3.20. The third-order valence-corrected chi connectivity index (χ3v) is 3.20. The zero-order valence-electron chi connectivity index (χ0n) is 7.77. The first kappa shape index (κ1) is 8.97. The van der Waals surface area contributed by atoms with Crippen LogP contribution < -0.4 is 0 Å². The molecule has 0 saturated carbocycles. The van der Waals surface area contributed by atoms with Crippen molar-refractivity contribution in [2.24, 2.45) is 5.92 Å². The van der Waals surface area contributed by atoms with Crippen molar-refractivity contribution in [3.63, 3.8) is 0 Å². The van der Waals surface area contributed by atoms with Crippen molar-refractivity contribution in [1.29, 1.82) is 0 Å². The Hall–Kier alpha value is -0.610. The van der Waals surface area contributed by atoms with E-state index in [2.05, 4.69) is 0 Å². The molecule has 2 heterocycles. The van der Waals surface area contributed by atoms with E-state index in [0.717, 1.165) is 25.8 Å². The quantitative estimate of drug-likeness (QED) is 0.582. The largest absolute Gasteiger partial charge is 0.469 e. The Balaban J connectivity index is 2.06. The van der Waals surface area contributed by atoms with Crippen LogP contribution in [0.3, 0.4) is 0 Å². The van der Waals surface area contributed by atoms with Crippen molar-refractivity contribution < 1.29 is 14.6 Å². The number of aliphatic hydroxyl groups is 1. The molecule has 0 aliphatic carbocycles. The van der Waals surface area contributed by atoms with Gasteiger partial charge in [0.25, 0.3) is 0 Å². The van der Waals surface area contributed by atoms with Crippen LogP contribution in [0.25, 0.3) is 0 Å². The molecule has 4 nitrogen and oxygen atoms in total. The van der Waals surface area contributed by atoms with Crippen LogP contribution in [0, 0.1) is 5.92 Å². The monoisotopic (exact) mass is 185 g/mol. The Morgan fingerprint density at radius 3 is 2.92 bits per heavy atom. The zero-order valence-corrected chi connectivity index (χ0v) is 7.77. The molecular formula is C9H15NO3. The summed E-state index contributed by atoms with van der Waals surface area (Å²) in [6.45, 7) is 0.825. The van der Waals surface area contributed by atoms with E-state index in [9.17, 15) is 9.90 Å². The minimum atomic E-state index is -0.334. The van der Waals surface area contributed by atoms with E-state index in [-0.39, 0.29) is 24.2 Å². The van der Waals surface area contributed by atoms with E-state index in [1.54, 1.807) is 0 Å². The molecule has 0 spiro atoms. The summed E-state index contributed by atoms with van der Waals surface area (Å²) in [5.74, 6) is -0.135. The smallest absolute Gasteiger partial charge is 0.310 e. The van der Waals surface area contributed by atoms with Gasteiger partial charge in [0.15, 0.2) is 0 Å². The number of methoxy groups -OCH3 is 1. The van der Waals surface area contributed by atoms with Crippen LogP contribution >= 0.6 is 0 Å². The van der Waals surface area contributed by atoms with E-state index in [0.29, 0.717) is 0 Å². The molecular weight excluding hydrogens is 170 g/mol. The number of hydrogen-bond donors (Lipinski definition) is 1. The van der Waals surface area contributed by atoms with Gasteiger partial charge in [0.1, 0.15) is 6.23 Å². The lowest BCUT2D eigenvalue weighted by atomic mass is 9.99. The summed E-state index contributed by atoms with van der Waals surface area (Å²) >= 11 is 0. The number of carbonyl (C=O) groups excluding carboxylic acids is 1. The maximum Gasteiger partial charge on any atom is 0.310 e. The highest BCUT2D eigenvalue weighted by Gasteiger charge is 2.45. The molecule has 2 saturated heterocycles. The van der Waals surface area contributed by atoms with Gasteiger partial charge in [-0.15, -0.1) is 0 Å². The normalized spacial score (nSPS) is 39.1. The van der Waals surface area contributed by atoms with E-state index in [4.69, 9.17) is 4.74 Å². The first-order valence-corrected chi connectivity index (χ1v) is 4.75. The lowest BCUT2D eigenvalue weighted by Gasteiger charge is -2.20. The minimum Gasteiger partial charge on any atom is -0.469 e. The first-order valence-electron chi connectivity index (χ1n) is 4.75. The average Bonchev–Trinajstić information content (AvgIpc) is 2.68. The molecule has 0 amide bonds. The summed E-state index contributed by atoms with van der Waals surface area (Å²) in [5, 5.41) is 9.55. The number of hydrogen-bond acceptors (Lipinski definition) is 4. The minimum absolute atomic E-state index is 0.0119. The SMILES string of the molecule is COC(=O)[C@H]1CCN2C(O)CC[C@@H]12. The van der Waals surface area contributed by atoms with E-state index in [1.165, 1.54) is 7.11 Å². The van der Waals surface area contributed by atoms with Crippen LogP contribution in [0.4, 0.5) is 0 Å². The Morgan fingerprint density at radius 1 is 1.46 bits per heavy atom. The predicted molar refractivity (Wildman–Crippen MR) is 45.9 cm³/mol. The van der Waals surface area contributed by atoms with Crippen molar-refractivity contribution in [3.05, 3.63) is 0 Å². The molecule has 0 aromatic heterocycles. The maximum absolute atomic E-state index is 11.3. The van der Waals surface area contributed by atoms with Crippen molar-refractivity contribution in [3.8, 4) is 0 Å². The molecule has 2 aliphatic rings. The number of aliphatic hydroxyl groups excluding tert-OH is 1. The van der Waals surface area contributed by atoms with Gasteiger partial charge < -0.3 is 9.84 Å². The summed E-state index contributed by atoms with van der Waals surface area (Å²) in [7, 11) is 1.43. The van der Waals surface area contributed by atoms with Gasteiger partial charge in [-0.1, -0.05) is 0 Å². The highest BCUT2D eigenvalue weighted by atomic mass is 16.5. The van der Waals surface area contributed by atoms with Crippen molar-refractivity contribution in [1.82, 2.24) is 4.90 Å². The molecule has 3 atom stereocenters. The number of esters is 1. The highest BCUT2D eigenvalue weighted by molar-refractivity contribution is 5.73. The molecule has 4 heteroatoms. The second kappa shape index (κ2) is 3.27. The molecule has 13 heavy (non-hydrogen) atoms. The predicted octanol–water partition coefficient (Wildman–Crippen LogP) is -0.0379. The van der Waals surface area contributed by atoms with Crippen LogP contribution in [0.15, 0.2) is 0 Å². The van der Waals surface area contributed by atoms with Crippen LogP contribution in [0.1, 0.15) is 19.3 Å². The average molecular weight is 185 g/mol. The molecule has 0 radical (unpaired) electrons. The molecule has 1 unspecified atom stereocenters. The van der Waals surface area contributed by atoms with Gasteiger partial charge in [-0.2, -0.15) is 0 Å². The van der Waals surface area contributed by atoms with Gasteiger partial charge in [0.05, 0.1) is 13.0 Å². The van der Waals surface area contributed by atoms with Crippen LogP contribution in [-0.4, -0.2) is 41.9 Å². The molecule has 74 valence electrons. The third kappa shape index (κ3) is 1.34.